The largest absolute Gasteiger partial charge is 0.497 e. The molecule has 2 aromatic carbocycles. The van der Waals surface area contributed by atoms with Crippen molar-refractivity contribution >= 4 is 34.5 Å². The van der Waals surface area contributed by atoms with Gasteiger partial charge in [0.1, 0.15) is 17.1 Å². The van der Waals surface area contributed by atoms with E-state index in [1.165, 1.54) is 46.3 Å². The van der Waals surface area contributed by atoms with Crippen LogP contribution in [0, 0.1) is 0 Å². The van der Waals surface area contributed by atoms with Crippen LogP contribution in [0.5, 0.6) is 11.5 Å². The molecule has 0 unspecified atom stereocenters. The van der Waals surface area contributed by atoms with Crippen molar-refractivity contribution in [2.75, 3.05) is 20.8 Å². The Morgan fingerprint density at radius 3 is 2.58 bits per heavy atom. The first-order valence-electron chi connectivity index (χ1n) is 11.1. The SMILES string of the molecule is COc1ccc(C(=O)COC(=O)c2oc3ccccc3c2CSC2CCCCC2)c(OC)c1. The van der Waals surface area contributed by atoms with Gasteiger partial charge in [-0.3, -0.25) is 4.79 Å². The number of ketones is 1. The molecule has 0 aliphatic heterocycles. The number of para-hydroxylation sites is 1. The van der Waals surface area contributed by atoms with Gasteiger partial charge in [0, 0.05) is 28.0 Å². The van der Waals surface area contributed by atoms with Gasteiger partial charge in [-0.25, -0.2) is 4.79 Å². The number of carbonyl (C=O) groups excluding carboxylic acids is 2. The monoisotopic (exact) mass is 468 g/mol. The third-order valence-corrected chi connectivity index (χ3v) is 7.34. The molecule has 0 spiro atoms. The van der Waals surface area contributed by atoms with Crippen LogP contribution < -0.4 is 9.47 Å². The molecule has 1 aromatic heterocycles. The summed E-state index contributed by atoms with van der Waals surface area (Å²) < 4.78 is 21.7. The van der Waals surface area contributed by atoms with E-state index in [0.717, 1.165) is 10.9 Å². The summed E-state index contributed by atoms with van der Waals surface area (Å²) in [5.41, 5.74) is 1.80. The molecule has 1 fully saturated rings. The highest BCUT2D eigenvalue weighted by Crippen LogP contribution is 2.35. The number of hydrogen-bond donors (Lipinski definition) is 0. The number of methoxy groups -OCH3 is 2. The molecule has 0 atom stereocenters. The molecule has 33 heavy (non-hydrogen) atoms. The summed E-state index contributed by atoms with van der Waals surface area (Å²) in [7, 11) is 3.01. The van der Waals surface area contributed by atoms with Gasteiger partial charge in [-0.15, -0.1) is 0 Å². The van der Waals surface area contributed by atoms with Gasteiger partial charge in [0.25, 0.3) is 0 Å². The lowest BCUT2D eigenvalue weighted by molar-refractivity contribution is 0.0444. The van der Waals surface area contributed by atoms with Crippen LogP contribution in [0.2, 0.25) is 0 Å². The van der Waals surface area contributed by atoms with E-state index >= 15 is 0 Å². The van der Waals surface area contributed by atoms with Gasteiger partial charge in [-0.1, -0.05) is 37.5 Å². The number of thioether (sulfide) groups is 1. The average Bonchev–Trinajstić information content (AvgIpc) is 3.24. The molecule has 1 aliphatic rings. The summed E-state index contributed by atoms with van der Waals surface area (Å²) in [4.78, 5) is 25.7. The predicted octanol–water partition coefficient (Wildman–Crippen LogP) is 6.06. The summed E-state index contributed by atoms with van der Waals surface area (Å²) in [6.45, 7) is -0.409. The molecule has 0 bridgehead atoms. The van der Waals surface area contributed by atoms with Crippen molar-refractivity contribution < 1.29 is 28.2 Å². The van der Waals surface area contributed by atoms with Crippen LogP contribution in [-0.4, -0.2) is 37.8 Å². The number of hydrogen-bond acceptors (Lipinski definition) is 7. The van der Waals surface area contributed by atoms with Gasteiger partial charge in [0.15, 0.2) is 6.61 Å². The molecule has 1 heterocycles. The lowest BCUT2D eigenvalue weighted by atomic mass is 10.0. The molecule has 0 radical (unpaired) electrons. The second kappa shape index (κ2) is 10.8. The maximum absolute atomic E-state index is 12.9. The normalized spacial score (nSPS) is 14.2. The van der Waals surface area contributed by atoms with E-state index in [9.17, 15) is 9.59 Å². The van der Waals surface area contributed by atoms with Crippen LogP contribution in [0.1, 0.15) is 58.6 Å². The van der Waals surface area contributed by atoms with Crippen LogP contribution in [0.15, 0.2) is 46.9 Å². The highest BCUT2D eigenvalue weighted by molar-refractivity contribution is 7.99. The van der Waals surface area contributed by atoms with Crippen molar-refractivity contribution in [3.63, 3.8) is 0 Å². The van der Waals surface area contributed by atoms with Crippen LogP contribution in [0.4, 0.5) is 0 Å². The molecule has 174 valence electrons. The fourth-order valence-corrected chi connectivity index (χ4v) is 5.50. The first-order valence-corrected chi connectivity index (χ1v) is 12.2. The zero-order valence-corrected chi connectivity index (χ0v) is 19.7. The average molecular weight is 469 g/mol. The van der Waals surface area contributed by atoms with Crippen molar-refractivity contribution in [2.45, 2.75) is 43.1 Å². The van der Waals surface area contributed by atoms with Crippen molar-refractivity contribution in [3.05, 3.63) is 59.4 Å². The molecule has 0 amide bonds. The lowest BCUT2D eigenvalue weighted by Crippen LogP contribution is -2.16. The van der Waals surface area contributed by atoms with E-state index in [4.69, 9.17) is 18.6 Å². The Morgan fingerprint density at radius 1 is 1.03 bits per heavy atom. The standard InChI is InChI=1S/C26H28O6S/c1-29-17-12-13-20(24(14-17)30-2)22(27)15-31-26(28)25-21(16-33-18-8-4-3-5-9-18)19-10-6-7-11-23(19)32-25/h6-7,10-14,18H,3-5,8-9,15-16H2,1-2H3. The summed E-state index contributed by atoms with van der Waals surface area (Å²) in [6.07, 6.45) is 6.23. The maximum atomic E-state index is 12.9. The quantitative estimate of drug-likeness (QED) is 0.279. The van der Waals surface area contributed by atoms with Crippen LogP contribution in [0.25, 0.3) is 11.0 Å². The first-order chi connectivity index (χ1) is 16.1. The van der Waals surface area contributed by atoms with Crippen molar-refractivity contribution in [2.24, 2.45) is 0 Å². The zero-order chi connectivity index (χ0) is 23.2. The molecular formula is C26H28O6S. The van der Waals surface area contributed by atoms with Gasteiger partial charge < -0.3 is 18.6 Å². The Hall–Kier alpha value is -2.93. The summed E-state index contributed by atoms with van der Waals surface area (Å²) >= 11 is 1.87. The van der Waals surface area contributed by atoms with Crippen molar-refractivity contribution in [3.8, 4) is 11.5 Å². The van der Waals surface area contributed by atoms with Gasteiger partial charge in [-0.05, 0) is 31.0 Å². The Morgan fingerprint density at radius 2 is 1.82 bits per heavy atom. The Bertz CT molecular complexity index is 1130. The van der Waals surface area contributed by atoms with Gasteiger partial charge in [0.05, 0.1) is 19.8 Å². The van der Waals surface area contributed by atoms with E-state index < -0.39 is 12.6 Å². The Labute approximate surface area is 197 Å². The number of fused-ring (bicyclic) bond motifs is 1. The topological polar surface area (TPSA) is 75.0 Å². The second-order valence-electron chi connectivity index (χ2n) is 8.04. The third kappa shape index (κ3) is 5.36. The molecule has 7 heteroatoms. The lowest BCUT2D eigenvalue weighted by Gasteiger charge is -2.20. The molecule has 1 aliphatic carbocycles. The highest BCUT2D eigenvalue weighted by atomic mass is 32.2. The van der Waals surface area contributed by atoms with E-state index in [-0.39, 0.29) is 11.5 Å². The first kappa shape index (κ1) is 23.2. The number of Topliss-reactive ketones (excluding diaryl/α,β-unsaturated/α-hetero) is 1. The number of carbonyl (C=O) groups is 2. The Kier molecular flexibility index (Phi) is 7.60. The molecular weight excluding hydrogens is 440 g/mol. The third-order valence-electron chi connectivity index (χ3n) is 5.94. The molecule has 1 saturated carbocycles. The molecule has 0 N–H and O–H groups in total. The maximum Gasteiger partial charge on any atom is 0.375 e. The minimum atomic E-state index is -0.633. The van der Waals surface area contributed by atoms with E-state index in [2.05, 4.69) is 0 Å². The minimum absolute atomic E-state index is 0.175. The summed E-state index contributed by atoms with van der Waals surface area (Å²) in [6, 6.07) is 12.5. The van der Waals surface area contributed by atoms with Crippen LogP contribution in [-0.2, 0) is 10.5 Å². The molecule has 6 nitrogen and oxygen atoms in total. The van der Waals surface area contributed by atoms with Gasteiger partial charge in [0.2, 0.25) is 11.5 Å². The Balaban J connectivity index is 1.49. The van der Waals surface area contributed by atoms with Crippen LogP contribution in [0.3, 0.4) is 0 Å². The number of benzene rings is 2. The van der Waals surface area contributed by atoms with E-state index in [0.29, 0.717) is 33.6 Å². The smallest absolute Gasteiger partial charge is 0.375 e. The second-order valence-corrected chi connectivity index (χ2v) is 9.33. The van der Waals surface area contributed by atoms with Crippen LogP contribution >= 0.6 is 11.8 Å². The number of ether oxygens (including phenoxy) is 3. The van der Waals surface area contributed by atoms with Gasteiger partial charge in [-0.2, -0.15) is 11.8 Å². The van der Waals surface area contributed by atoms with E-state index in [1.807, 2.05) is 36.0 Å². The van der Waals surface area contributed by atoms with Gasteiger partial charge >= 0.3 is 5.97 Å². The van der Waals surface area contributed by atoms with Crippen molar-refractivity contribution in [1.82, 2.24) is 0 Å². The number of furan rings is 1. The zero-order valence-electron chi connectivity index (χ0n) is 18.9. The van der Waals surface area contributed by atoms with E-state index in [1.54, 1.807) is 18.2 Å². The summed E-state index contributed by atoms with van der Waals surface area (Å²) in [5, 5.41) is 1.51. The fourth-order valence-electron chi connectivity index (χ4n) is 4.14. The van der Waals surface area contributed by atoms with Crippen molar-refractivity contribution in [1.29, 1.82) is 0 Å². The predicted molar refractivity (Wildman–Crippen MR) is 129 cm³/mol. The molecule has 4 rings (SSSR count). The minimum Gasteiger partial charge on any atom is -0.497 e. The molecule has 0 saturated heterocycles. The summed E-state index contributed by atoms with van der Waals surface area (Å²) in [5.74, 6) is 0.788. The number of rotatable bonds is 9. The fraction of sp³-hybridized carbons (Fsp3) is 0.385. The number of esters is 1. The highest BCUT2D eigenvalue weighted by Gasteiger charge is 2.25. The molecule has 3 aromatic rings.